The molecule has 2 amide bonds. The van der Waals surface area contributed by atoms with Crippen LogP contribution in [0.3, 0.4) is 0 Å². The maximum atomic E-state index is 12.7. The molecule has 0 radical (unpaired) electrons. The number of aromatic nitrogens is 2. The molecular formula is C25H32N4O2. The van der Waals surface area contributed by atoms with E-state index in [-0.39, 0.29) is 17.7 Å². The summed E-state index contributed by atoms with van der Waals surface area (Å²) >= 11 is 0. The Balaban J connectivity index is 1.36. The summed E-state index contributed by atoms with van der Waals surface area (Å²) in [7, 11) is 0. The van der Waals surface area contributed by atoms with Crippen LogP contribution in [0.15, 0.2) is 30.3 Å². The molecule has 2 fully saturated rings. The van der Waals surface area contributed by atoms with Crippen molar-refractivity contribution >= 4 is 11.8 Å². The van der Waals surface area contributed by atoms with Gasteiger partial charge in [-0.3, -0.25) is 9.59 Å². The van der Waals surface area contributed by atoms with E-state index in [0.717, 1.165) is 68.1 Å². The molecule has 6 nitrogen and oxygen atoms in total. The Morgan fingerprint density at radius 2 is 1.61 bits per heavy atom. The summed E-state index contributed by atoms with van der Waals surface area (Å²) in [5.41, 5.74) is 3.93. The van der Waals surface area contributed by atoms with Crippen LogP contribution in [0.4, 0.5) is 0 Å². The van der Waals surface area contributed by atoms with E-state index in [9.17, 15) is 9.59 Å². The molecule has 3 heterocycles. The molecule has 1 aromatic heterocycles. The van der Waals surface area contributed by atoms with Crippen LogP contribution in [0, 0.1) is 13.8 Å². The number of hydrogen-bond acceptors (Lipinski definition) is 4. The van der Waals surface area contributed by atoms with Crippen LogP contribution in [-0.2, 0) is 22.4 Å². The molecule has 4 rings (SSSR count). The van der Waals surface area contributed by atoms with Crippen molar-refractivity contribution in [2.75, 3.05) is 26.2 Å². The van der Waals surface area contributed by atoms with E-state index in [1.165, 1.54) is 5.56 Å². The monoisotopic (exact) mass is 420 g/mol. The Hall–Kier alpha value is -2.76. The molecule has 6 heteroatoms. The van der Waals surface area contributed by atoms with Gasteiger partial charge in [-0.1, -0.05) is 30.3 Å². The maximum absolute atomic E-state index is 12.7. The van der Waals surface area contributed by atoms with E-state index in [1.807, 2.05) is 41.8 Å². The van der Waals surface area contributed by atoms with Gasteiger partial charge in [0.25, 0.3) is 0 Å². The fourth-order valence-corrected chi connectivity index (χ4v) is 4.68. The molecule has 0 bridgehead atoms. The molecule has 0 unspecified atom stereocenters. The average Bonchev–Trinajstić information content (AvgIpc) is 3.47. The molecule has 1 atom stereocenters. The van der Waals surface area contributed by atoms with Crippen LogP contribution in [0.1, 0.15) is 59.9 Å². The SMILES string of the molecule is Cc1nc([C@@H]2CCN(C(=O)CCc3ccccc3)C2)nc(C)c1CC(=O)N1CCCC1. The van der Waals surface area contributed by atoms with E-state index in [2.05, 4.69) is 12.1 Å². The number of amides is 2. The molecule has 1 aromatic carbocycles. The van der Waals surface area contributed by atoms with Crippen LogP contribution in [0.2, 0.25) is 0 Å². The summed E-state index contributed by atoms with van der Waals surface area (Å²) in [4.78, 5) is 38.7. The van der Waals surface area contributed by atoms with E-state index in [4.69, 9.17) is 9.97 Å². The summed E-state index contributed by atoms with van der Waals surface area (Å²) < 4.78 is 0. The number of likely N-dealkylation sites (tertiary alicyclic amines) is 2. The number of rotatable bonds is 6. The first kappa shape index (κ1) is 21.5. The van der Waals surface area contributed by atoms with Crippen molar-refractivity contribution in [3.8, 4) is 0 Å². The van der Waals surface area contributed by atoms with Gasteiger partial charge in [-0.25, -0.2) is 9.97 Å². The van der Waals surface area contributed by atoms with Crippen LogP contribution in [0.5, 0.6) is 0 Å². The summed E-state index contributed by atoms with van der Waals surface area (Å²) in [6.07, 6.45) is 4.78. The second kappa shape index (κ2) is 9.58. The molecule has 0 spiro atoms. The molecule has 0 saturated carbocycles. The Kier molecular flexibility index (Phi) is 6.64. The molecule has 31 heavy (non-hydrogen) atoms. The van der Waals surface area contributed by atoms with Crippen LogP contribution in [-0.4, -0.2) is 57.8 Å². The van der Waals surface area contributed by atoms with Gasteiger partial charge in [0.05, 0.1) is 6.42 Å². The Morgan fingerprint density at radius 3 is 2.29 bits per heavy atom. The highest BCUT2D eigenvalue weighted by Crippen LogP contribution is 2.27. The number of carbonyl (C=O) groups is 2. The quantitative estimate of drug-likeness (QED) is 0.720. The predicted octanol–water partition coefficient (Wildman–Crippen LogP) is 3.21. The molecule has 0 aliphatic carbocycles. The zero-order valence-electron chi connectivity index (χ0n) is 18.6. The van der Waals surface area contributed by atoms with Crippen molar-refractivity contribution in [1.29, 1.82) is 0 Å². The smallest absolute Gasteiger partial charge is 0.227 e. The molecular weight excluding hydrogens is 388 g/mol. The number of aryl methyl sites for hydroxylation is 3. The lowest BCUT2D eigenvalue weighted by atomic mass is 10.0. The molecule has 2 aromatic rings. The van der Waals surface area contributed by atoms with Gasteiger partial charge in [0, 0.05) is 55.5 Å². The molecule has 2 saturated heterocycles. The number of hydrogen-bond donors (Lipinski definition) is 0. The normalized spacial score (nSPS) is 18.6. The van der Waals surface area contributed by atoms with Gasteiger partial charge in [-0.15, -0.1) is 0 Å². The van der Waals surface area contributed by atoms with E-state index in [1.54, 1.807) is 0 Å². The number of benzene rings is 1. The zero-order valence-corrected chi connectivity index (χ0v) is 18.6. The van der Waals surface area contributed by atoms with Gasteiger partial charge >= 0.3 is 0 Å². The number of carbonyl (C=O) groups excluding carboxylic acids is 2. The van der Waals surface area contributed by atoms with Crippen LogP contribution < -0.4 is 0 Å². The summed E-state index contributed by atoms with van der Waals surface area (Å²) in [5, 5.41) is 0. The zero-order chi connectivity index (χ0) is 21.8. The summed E-state index contributed by atoms with van der Waals surface area (Å²) in [6.45, 7) is 7.12. The highest BCUT2D eigenvalue weighted by Gasteiger charge is 2.30. The minimum absolute atomic E-state index is 0.168. The highest BCUT2D eigenvalue weighted by molar-refractivity contribution is 5.79. The van der Waals surface area contributed by atoms with Crippen LogP contribution >= 0.6 is 0 Å². The van der Waals surface area contributed by atoms with Gasteiger partial charge in [0.15, 0.2) is 0 Å². The van der Waals surface area contributed by atoms with E-state index in [0.29, 0.717) is 19.4 Å². The lowest BCUT2D eigenvalue weighted by Gasteiger charge is -2.19. The molecule has 2 aliphatic heterocycles. The molecule has 2 aliphatic rings. The topological polar surface area (TPSA) is 66.4 Å². The minimum Gasteiger partial charge on any atom is -0.342 e. The lowest BCUT2D eigenvalue weighted by Crippen LogP contribution is -2.30. The first-order chi connectivity index (χ1) is 15.0. The van der Waals surface area contributed by atoms with Crippen LogP contribution in [0.25, 0.3) is 0 Å². The van der Waals surface area contributed by atoms with E-state index < -0.39 is 0 Å². The largest absolute Gasteiger partial charge is 0.342 e. The van der Waals surface area contributed by atoms with Crippen molar-refractivity contribution in [3.05, 3.63) is 58.7 Å². The van der Waals surface area contributed by atoms with Gasteiger partial charge in [-0.2, -0.15) is 0 Å². The fraction of sp³-hybridized carbons (Fsp3) is 0.520. The average molecular weight is 421 g/mol. The van der Waals surface area contributed by atoms with Crippen molar-refractivity contribution in [2.45, 2.75) is 58.3 Å². The standard InChI is InChI=1S/C25H32N4O2/c1-18-22(16-24(31)28-13-6-7-14-28)19(2)27-25(26-18)21-12-15-29(17-21)23(30)11-10-20-8-4-3-5-9-20/h3-5,8-9,21H,6-7,10-17H2,1-2H3/t21-/m1/s1. The summed E-state index contributed by atoms with van der Waals surface area (Å²) in [5.74, 6) is 1.36. The molecule has 0 N–H and O–H groups in total. The highest BCUT2D eigenvalue weighted by atomic mass is 16.2. The van der Waals surface area contributed by atoms with Gasteiger partial charge in [0.2, 0.25) is 11.8 Å². The molecule has 164 valence electrons. The van der Waals surface area contributed by atoms with Crippen molar-refractivity contribution in [2.24, 2.45) is 0 Å². The second-order valence-corrected chi connectivity index (χ2v) is 8.81. The van der Waals surface area contributed by atoms with Gasteiger partial charge in [0.1, 0.15) is 5.82 Å². The fourth-order valence-electron chi connectivity index (χ4n) is 4.68. The Bertz CT molecular complexity index is 915. The first-order valence-corrected chi connectivity index (χ1v) is 11.4. The predicted molar refractivity (Wildman–Crippen MR) is 120 cm³/mol. The first-order valence-electron chi connectivity index (χ1n) is 11.4. The van der Waals surface area contributed by atoms with E-state index >= 15 is 0 Å². The van der Waals surface area contributed by atoms with Crippen molar-refractivity contribution in [1.82, 2.24) is 19.8 Å². The second-order valence-electron chi connectivity index (χ2n) is 8.81. The third-order valence-electron chi connectivity index (χ3n) is 6.60. The number of nitrogens with zero attached hydrogens (tertiary/aromatic N) is 4. The minimum atomic E-state index is 0.168. The van der Waals surface area contributed by atoms with Gasteiger partial charge < -0.3 is 9.80 Å². The van der Waals surface area contributed by atoms with Crippen molar-refractivity contribution < 1.29 is 9.59 Å². The van der Waals surface area contributed by atoms with Gasteiger partial charge in [-0.05, 0) is 45.1 Å². The Morgan fingerprint density at radius 1 is 0.935 bits per heavy atom. The summed E-state index contributed by atoms with van der Waals surface area (Å²) in [6, 6.07) is 10.1. The van der Waals surface area contributed by atoms with Crippen molar-refractivity contribution in [3.63, 3.8) is 0 Å². The third-order valence-corrected chi connectivity index (χ3v) is 6.60. The lowest BCUT2D eigenvalue weighted by molar-refractivity contribution is -0.130. The maximum Gasteiger partial charge on any atom is 0.227 e. The third kappa shape index (κ3) is 5.12. The Labute approximate surface area is 184 Å².